The number of rotatable bonds is 4. The summed E-state index contributed by atoms with van der Waals surface area (Å²) in [7, 11) is 0. The highest BCUT2D eigenvalue weighted by Crippen LogP contribution is 2.18. The minimum atomic E-state index is -0.751. The van der Waals surface area contributed by atoms with E-state index >= 15 is 0 Å². The Morgan fingerprint density at radius 3 is 2.38 bits per heavy atom. The van der Waals surface area contributed by atoms with E-state index in [4.69, 9.17) is 4.74 Å². The minimum absolute atomic E-state index is 0.0805. The Bertz CT molecular complexity index is 1270. The van der Waals surface area contributed by atoms with Gasteiger partial charge in [-0.1, -0.05) is 17.7 Å². The predicted octanol–water partition coefficient (Wildman–Crippen LogP) is 1.76. The van der Waals surface area contributed by atoms with Crippen molar-refractivity contribution < 1.29 is 14.6 Å². The number of ether oxygens (including phenoxy) is 1. The van der Waals surface area contributed by atoms with Gasteiger partial charge in [0, 0.05) is 24.9 Å². The van der Waals surface area contributed by atoms with Gasteiger partial charge in [-0.2, -0.15) is 0 Å². The molecule has 2 N–H and O–H groups in total. The molecule has 0 radical (unpaired) electrons. The van der Waals surface area contributed by atoms with Gasteiger partial charge in [0.2, 0.25) is 5.88 Å². The molecular weight excluding hydrogens is 412 g/mol. The van der Waals surface area contributed by atoms with E-state index in [1.165, 1.54) is 6.21 Å². The number of aliphatic imine (C=N–C) groups is 1. The SMILES string of the molecule is Cc1ccc(-n2c(O)c(C=Nc3ccc(C(=O)N4CCOCC4)cc3)c(=O)[nH]c2=O)cc1. The lowest BCUT2D eigenvalue weighted by Gasteiger charge is -2.26. The summed E-state index contributed by atoms with van der Waals surface area (Å²) in [6.45, 7) is 4.06. The number of H-pyrrole nitrogens is 1. The number of carbonyl (C=O) groups excluding carboxylic acids is 1. The third kappa shape index (κ3) is 4.37. The number of carbonyl (C=O) groups is 1. The predicted molar refractivity (Wildman–Crippen MR) is 119 cm³/mol. The number of hydrogen-bond donors (Lipinski definition) is 2. The summed E-state index contributed by atoms with van der Waals surface area (Å²) in [5.74, 6) is -0.589. The fraction of sp³-hybridized carbons (Fsp3) is 0.217. The molecule has 9 heteroatoms. The number of aryl methyl sites for hydroxylation is 1. The molecule has 1 aromatic heterocycles. The second kappa shape index (κ2) is 9.03. The lowest BCUT2D eigenvalue weighted by molar-refractivity contribution is 0.0303. The molecule has 1 aliphatic rings. The van der Waals surface area contributed by atoms with Crippen LogP contribution >= 0.6 is 0 Å². The Balaban J connectivity index is 1.60. The quantitative estimate of drug-likeness (QED) is 0.607. The number of aromatic hydroxyl groups is 1. The summed E-state index contributed by atoms with van der Waals surface area (Å²) < 4.78 is 6.27. The van der Waals surface area contributed by atoms with Crippen LogP contribution < -0.4 is 11.2 Å². The maximum absolute atomic E-state index is 12.5. The number of hydrogen-bond acceptors (Lipinski definition) is 6. The molecule has 3 aromatic rings. The Hall–Kier alpha value is -3.98. The molecule has 9 nitrogen and oxygen atoms in total. The first-order valence-corrected chi connectivity index (χ1v) is 10.1. The number of morpholine rings is 1. The van der Waals surface area contributed by atoms with Crippen LogP contribution in [0.1, 0.15) is 21.5 Å². The van der Waals surface area contributed by atoms with Crippen LogP contribution in [-0.4, -0.2) is 58.0 Å². The molecule has 2 heterocycles. The highest BCUT2D eigenvalue weighted by Gasteiger charge is 2.18. The molecule has 32 heavy (non-hydrogen) atoms. The average Bonchev–Trinajstić information content (AvgIpc) is 2.80. The number of nitrogens with zero attached hydrogens (tertiary/aromatic N) is 3. The normalized spacial score (nSPS) is 14.1. The Morgan fingerprint density at radius 1 is 1.06 bits per heavy atom. The van der Waals surface area contributed by atoms with Gasteiger partial charge in [-0.15, -0.1) is 0 Å². The van der Waals surface area contributed by atoms with Crippen molar-refractivity contribution in [3.8, 4) is 11.6 Å². The first kappa shape index (κ1) is 21.3. The van der Waals surface area contributed by atoms with Crippen LogP contribution in [0.25, 0.3) is 5.69 Å². The topological polar surface area (TPSA) is 117 Å². The summed E-state index contributed by atoms with van der Waals surface area (Å²) in [6.07, 6.45) is 1.19. The third-order valence-electron chi connectivity index (χ3n) is 5.17. The molecular formula is C23H22N4O5. The van der Waals surface area contributed by atoms with E-state index in [0.717, 1.165) is 10.1 Å². The largest absolute Gasteiger partial charge is 0.493 e. The molecule has 0 spiro atoms. The average molecular weight is 434 g/mol. The molecule has 2 aromatic carbocycles. The van der Waals surface area contributed by atoms with E-state index in [0.29, 0.717) is 43.2 Å². The zero-order valence-corrected chi connectivity index (χ0v) is 17.4. The molecule has 1 aliphatic heterocycles. The summed E-state index contributed by atoms with van der Waals surface area (Å²) in [5.41, 5.74) is 0.754. The fourth-order valence-corrected chi connectivity index (χ4v) is 3.37. The third-order valence-corrected chi connectivity index (χ3v) is 5.17. The van der Waals surface area contributed by atoms with Crippen LogP contribution in [0.15, 0.2) is 63.1 Å². The van der Waals surface area contributed by atoms with Gasteiger partial charge < -0.3 is 14.7 Å². The molecule has 0 unspecified atom stereocenters. The van der Waals surface area contributed by atoms with E-state index in [1.807, 2.05) is 6.92 Å². The number of aromatic nitrogens is 2. The second-order valence-corrected chi connectivity index (χ2v) is 7.38. The smallest absolute Gasteiger partial charge is 0.335 e. The highest BCUT2D eigenvalue weighted by atomic mass is 16.5. The molecule has 0 atom stereocenters. The van der Waals surface area contributed by atoms with Gasteiger partial charge in [-0.25, -0.2) is 9.36 Å². The van der Waals surface area contributed by atoms with Crippen LogP contribution in [0.5, 0.6) is 5.88 Å². The molecule has 1 fully saturated rings. The van der Waals surface area contributed by atoms with E-state index in [-0.39, 0.29) is 11.5 Å². The van der Waals surface area contributed by atoms with Crippen LogP contribution in [-0.2, 0) is 4.74 Å². The minimum Gasteiger partial charge on any atom is -0.493 e. The number of amides is 1. The van der Waals surface area contributed by atoms with E-state index in [2.05, 4.69) is 9.98 Å². The van der Waals surface area contributed by atoms with Gasteiger partial charge in [0.15, 0.2) is 0 Å². The van der Waals surface area contributed by atoms with Gasteiger partial charge in [0.1, 0.15) is 5.56 Å². The van der Waals surface area contributed by atoms with Crippen molar-refractivity contribution in [2.45, 2.75) is 6.92 Å². The molecule has 0 saturated carbocycles. The summed E-state index contributed by atoms with van der Waals surface area (Å²) in [6, 6.07) is 13.5. The van der Waals surface area contributed by atoms with Crippen molar-refractivity contribution in [2.75, 3.05) is 26.3 Å². The molecule has 0 aliphatic carbocycles. The van der Waals surface area contributed by atoms with Crippen molar-refractivity contribution in [3.63, 3.8) is 0 Å². The maximum Gasteiger partial charge on any atom is 0.335 e. The first-order valence-electron chi connectivity index (χ1n) is 10.1. The lowest BCUT2D eigenvalue weighted by Crippen LogP contribution is -2.40. The zero-order valence-electron chi connectivity index (χ0n) is 17.4. The molecule has 1 saturated heterocycles. The van der Waals surface area contributed by atoms with Crippen LogP contribution in [0.2, 0.25) is 0 Å². The number of nitrogens with one attached hydrogen (secondary N) is 1. The summed E-state index contributed by atoms with van der Waals surface area (Å²) in [4.78, 5) is 45.2. The van der Waals surface area contributed by atoms with Crippen molar-refractivity contribution >= 4 is 17.8 Å². The van der Waals surface area contributed by atoms with Crippen LogP contribution in [0.3, 0.4) is 0 Å². The second-order valence-electron chi connectivity index (χ2n) is 7.38. The summed E-state index contributed by atoms with van der Waals surface area (Å²) in [5, 5.41) is 10.6. The Labute approximate surface area is 183 Å². The Morgan fingerprint density at radius 2 is 1.72 bits per heavy atom. The monoisotopic (exact) mass is 434 g/mol. The van der Waals surface area contributed by atoms with E-state index in [1.54, 1.807) is 53.4 Å². The van der Waals surface area contributed by atoms with Gasteiger partial charge in [0.05, 0.1) is 24.6 Å². The number of benzene rings is 2. The molecule has 0 bridgehead atoms. The highest BCUT2D eigenvalue weighted by molar-refractivity contribution is 5.94. The van der Waals surface area contributed by atoms with Gasteiger partial charge in [0.25, 0.3) is 11.5 Å². The van der Waals surface area contributed by atoms with E-state index in [9.17, 15) is 19.5 Å². The van der Waals surface area contributed by atoms with Gasteiger partial charge in [-0.3, -0.25) is 19.6 Å². The van der Waals surface area contributed by atoms with Crippen molar-refractivity contribution in [1.29, 1.82) is 0 Å². The van der Waals surface area contributed by atoms with Gasteiger partial charge >= 0.3 is 5.69 Å². The lowest BCUT2D eigenvalue weighted by atomic mass is 10.1. The zero-order chi connectivity index (χ0) is 22.7. The van der Waals surface area contributed by atoms with Crippen LogP contribution in [0.4, 0.5) is 5.69 Å². The standard InChI is InChI=1S/C23H22N4O5/c1-15-2-8-18(9-3-15)27-22(30)19(20(28)25-23(27)31)14-24-17-6-4-16(5-7-17)21(29)26-10-12-32-13-11-26/h2-9,14,30H,10-13H2,1H3,(H,25,28,31). The number of aromatic amines is 1. The maximum atomic E-state index is 12.5. The molecule has 4 rings (SSSR count). The molecule has 1 amide bonds. The van der Waals surface area contributed by atoms with E-state index < -0.39 is 17.1 Å². The Kier molecular flexibility index (Phi) is 6.00. The van der Waals surface area contributed by atoms with Crippen molar-refractivity contribution in [2.24, 2.45) is 4.99 Å². The first-order chi connectivity index (χ1) is 15.4. The van der Waals surface area contributed by atoms with Crippen molar-refractivity contribution in [3.05, 3.63) is 86.1 Å². The fourth-order valence-electron chi connectivity index (χ4n) is 3.37. The van der Waals surface area contributed by atoms with Crippen LogP contribution in [0, 0.1) is 6.92 Å². The summed E-state index contributed by atoms with van der Waals surface area (Å²) >= 11 is 0. The molecule has 164 valence electrons. The van der Waals surface area contributed by atoms with Crippen molar-refractivity contribution in [1.82, 2.24) is 14.5 Å². The van der Waals surface area contributed by atoms with Gasteiger partial charge in [-0.05, 0) is 43.3 Å².